The van der Waals surface area contributed by atoms with Gasteiger partial charge in [0.05, 0.1) is 11.4 Å². The molecule has 6 nitrogen and oxygen atoms in total. The fraction of sp³-hybridized carbons (Fsp3) is 0.364. The number of urea groups is 1. The molecule has 2 heterocycles. The van der Waals surface area contributed by atoms with Crippen molar-refractivity contribution in [3.63, 3.8) is 0 Å². The van der Waals surface area contributed by atoms with E-state index < -0.39 is 5.82 Å². The van der Waals surface area contributed by atoms with Gasteiger partial charge in [-0.15, -0.1) is 0 Å². The van der Waals surface area contributed by atoms with Gasteiger partial charge in [0, 0.05) is 31.7 Å². The normalized spacial score (nSPS) is 19.2. The van der Waals surface area contributed by atoms with E-state index in [1.807, 2.05) is 24.3 Å². The summed E-state index contributed by atoms with van der Waals surface area (Å²) in [6, 6.07) is 12.9. The second-order valence-electron chi connectivity index (χ2n) is 7.71. The van der Waals surface area contributed by atoms with Gasteiger partial charge in [0.25, 0.3) is 5.91 Å². The monoisotopic (exact) mass is 396 g/mol. The Morgan fingerprint density at radius 1 is 1.03 bits per heavy atom. The smallest absolute Gasteiger partial charge is 0.322 e. The van der Waals surface area contributed by atoms with E-state index in [-0.39, 0.29) is 11.9 Å². The zero-order chi connectivity index (χ0) is 20.4. The number of fused-ring (bicyclic) bond motifs is 1. The van der Waals surface area contributed by atoms with E-state index >= 15 is 0 Å². The quantitative estimate of drug-likeness (QED) is 0.868. The molecule has 29 heavy (non-hydrogen) atoms. The fourth-order valence-electron chi connectivity index (χ4n) is 4.08. The number of rotatable bonds is 3. The van der Waals surface area contributed by atoms with E-state index in [1.54, 1.807) is 15.9 Å². The van der Waals surface area contributed by atoms with Crippen molar-refractivity contribution in [1.29, 1.82) is 0 Å². The lowest BCUT2D eigenvalue weighted by molar-refractivity contribution is 0.0986. The van der Waals surface area contributed by atoms with Crippen molar-refractivity contribution >= 4 is 23.3 Å². The number of carbonyl (C=O) groups excluding carboxylic acids is 2. The largest absolute Gasteiger partial charge is 0.337 e. The molecule has 0 radical (unpaired) electrons. The van der Waals surface area contributed by atoms with Gasteiger partial charge in [0.15, 0.2) is 0 Å². The Labute approximate surface area is 169 Å². The standard InChI is InChI=1S/C22H25FN4O2/c1-25-10-9-16(15-25)14-24-22(29)27-12-11-26(19-7-2-3-8-20(19)27)21(28)17-5-4-6-18(23)13-17/h2-8,13,16H,9-12,14-15H2,1H3,(H,24,29)/t16-/m1/s1. The number of carbonyl (C=O) groups is 2. The Bertz CT molecular complexity index is 919. The van der Waals surface area contributed by atoms with Crippen molar-refractivity contribution in [2.24, 2.45) is 5.92 Å². The summed E-state index contributed by atoms with van der Waals surface area (Å²) in [7, 11) is 2.09. The molecule has 152 valence electrons. The fourth-order valence-corrected chi connectivity index (χ4v) is 4.08. The van der Waals surface area contributed by atoms with Crippen LogP contribution in [0.1, 0.15) is 16.8 Å². The van der Waals surface area contributed by atoms with Gasteiger partial charge in [-0.05, 0) is 56.3 Å². The second-order valence-corrected chi connectivity index (χ2v) is 7.71. The minimum absolute atomic E-state index is 0.148. The number of anilines is 2. The molecule has 2 aromatic carbocycles. The van der Waals surface area contributed by atoms with Crippen LogP contribution in [0, 0.1) is 11.7 Å². The highest BCUT2D eigenvalue weighted by Gasteiger charge is 2.31. The van der Waals surface area contributed by atoms with Gasteiger partial charge in [-0.1, -0.05) is 18.2 Å². The molecule has 2 aliphatic heterocycles. The first-order valence-electron chi connectivity index (χ1n) is 9.93. The molecule has 3 amide bonds. The predicted octanol–water partition coefficient (Wildman–Crippen LogP) is 2.95. The molecule has 1 atom stereocenters. The van der Waals surface area contributed by atoms with Crippen LogP contribution >= 0.6 is 0 Å². The van der Waals surface area contributed by atoms with Gasteiger partial charge in [0.1, 0.15) is 5.82 Å². The van der Waals surface area contributed by atoms with Crippen molar-refractivity contribution in [2.75, 3.05) is 49.6 Å². The summed E-state index contributed by atoms with van der Waals surface area (Å²) in [6.07, 6.45) is 1.09. The molecule has 1 saturated heterocycles. The zero-order valence-electron chi connectivity index (χ0n) is 16.5. The number of para-hydroxylation sites is 2. The van der Waals surface area contributed by atoms with Crippen molar-refractivity contribution in [1.82, 2.24) is 10.2 Å². The Morgan fingerprint density at radius 3 is 2.45 bits per heavy atom. The molecule has 0 saturated carbocycles. The number of halogens is 1. The second kappa shape index (κ2) is 8.21. The van der Waals surface area contributed by atoms with E-state index in [0.29, 0.717) is 42.5 Å². The van der Waals surface area contributed by atoms with Crippen molar-refractivity contribution in [3.8, 4) is 0 Å². The van der Waals surface area contributed by atoms with Gasteiger partial charge in [-0.25, -0.2) is 9.18 Å². The first-order valence-corrected chi connectivity index (χ1v) is 9.93. The molecular weight excluding hydrogens is 371 g/mol. The van der Waals surface area contributed by atoms with Gasteiger partial charge < -0.3 is 15.1 Å². The number of benzene rings is 2. The SMILES string of the molecule is CN1CC[C@H](CNC(=O)N2CCN(C(=O)c3cccc(F)c3)c3ccccc32)C1. The molecule has 1 fully saturated rings. The number of amides is 3. The Morgan fingerprint density at radius 2 is 1.76 bits per heavy atom. The lowest BCUT2D eigenvalue weighted by atomic mass is 10.1. The summed E-state index contributed by atoms with van der Waals surface area (Å²) < 4.78 is 13.6. The van der Waals surface area contributed by atoms with E-state index in [2.05, 4.69) is 17.3 Å². The number of nitrogens with one attached hydrogen (secondary N) is 1. The maximum absolute atomic E-state index is 13.6. The van der Waals surface area contributed by atoms with Crippen LogP contribution in [0.5, 0.6) is 0 Å². The maximum Gasteiger partial charge on any atom is 0.322 e. The Balaban J connectivity index is 1.50. The minimum atomic E-state index is -0.445. The van der Waals surface area contributed by atoms with Gasteiger partial charge in [-0.2, -0.15) is 0 Å². The third kappa shape index (κ3) is 4.10. The lowest BCUT2D eigenvalue weighted by Gasteiger charge is -2.36. The molecule has 2 aromatic rings. The van der Waals surface area contributed by atoms with Gasteiger partial charge in [0.2, 0.25) is 0 Å². The van der Waals surface area contributed by atoms with Crippen LogP contribution in [0.4, 0.5) is 20.6 Å². The summed E-state index contributed by atoms with van der Waals surface area (Å²) >= 11 is 0. The van der Waals surface area contributed by atoms with E-state index in [4.69, 9.17) is 0 Å². The van der Waals surface area contributed by atoms with Crippen LogP contribution in [0.3, 0.4) is 0 Å². The molecule has 1 N–H and O–H groups in total. The van der Waals surface area contributed by atoms with Crippen LogP contribution in [0.15, 0.2) is 48.5 Å². The lowest BCUT2D eigenvalue weighted by Crippen LogP contribution is -2.50. The van der Waals surface area contributed by atoms with Crippen LogP contribution in [0.2, 0.25) is 0 Å². The molecule has 0 aromatic heterocycles. The Hall–Kier alpha value is -2.93. The molecule has 2 aliphatic rings. The van der Waals surface area contributed by atoms with E-state index in [1.165, 1.54) is 18.2 Å². The highest BCUT2D eigenvalue weighted by atomic mass is 19.1. The highest BCUT2D eigenvalue weighted by Crippen LogP contribution is 2.34. The molecular formula is C22H25FN4O2. The van der Waals surface area contributed by atoms with Crippen LogP contribution in [-0.4, -0.2) is 56.6 Å². The third-order valence-corrected chi connectivity index (χ3v) is 5.60. The van der Waals surface area contributed by atoms with E-state index in [9.17, 15) is 14.0 Å². The molecule has 0 unspecified atom stereocenters. The van der Waals surface area contributed by atoms with Gasteiger partial charge in [-0.3, -0.25) is 9.69 Å². The van der Waals surface area contributed by atoms with Crippen molar-refractivity contribution < 1.29 is 14.0 Å². The number of hydrogen-bond acceptors (Lipinski definition) is 3. The number of hydrogen-bond donors (Lipinski definition) is 1. The zero-order valence-corrected chi connectivity index (χ0v) is 16.5. The third-order valence-electron chi connectivity index (χ3n) is 5.60. The molecule has 4 rings (SSSR count). The first-order chi connectivity index (χ1) is 14.0. The van der Waals surface area contributed by atoms with Crippen LogP contribution in [-0.2, 0) is 0 Å². The van der Waals surface area contributed by atoms with Crippen LogP contribution < -0.4 is 15.1 Å². The average molecular weight is 396 g/mol. The summed E-state index contributed by atoms with van der Waals surface area (Å²) in [6.45, 7) is 3.44. The van der Waals surface area contributed by atoms with E-state index in [0.717, 1.165) is 19.5 Å². The molecule has 7 heteroatoms. The summed E-state index contributed by atoms with van der Waals surface area (Å²) in [4.78, 5) is 31.4. The maximum atomic E-state index is 13.6. The molecule has 0 aliphatic carbocycles. The predicted molar refractivity (Wildman–Crippen MR) is 111 cm³/mol. The topological polar surface area (TPSA) is 55.9 Å². The number of nitrogens with zero attached hydrogens (tertiary/aromatic N) is 3. The molecule has 0 spiro atoms. The van der Waals surface area contributed by atoms with Gasteiger partial charge >= 0.3 is 6.03 Å². The van der Waals surface area contributed by atoms with Crippen molar-refractivity contribution in [3.05, 3.63) is 59.9 Å². The summed E-state index contributed by atoms with van der Waals surface area (Å²) in [5.41, 5.74) is 1.64. The minimum Gasteiger partial charge on any atom is -0.337 e. The number of likely N-dealkylation sites (tertiary alicyclic amines) is 1. The van der Waals surface area contributed by atoms with Crippen molar-refractivity contribution in [2.45, 2.75) is 6.42 Å². The summed E-state index contributed by atoms with van der Waals surface area (Å²) in [5, 5.41) is 3.05. The molecule has 0 bridgehead atoms. The summed E-state index contributed by atoms with van der Waals surface area (Å²) in [5.74, 6) is -0.249. The first kappa shape index (κ1) is 19.4. The average Bonchev–Trinajstić information content (AvgIpc) is 3.16. The Kier molecular flexibility index (Phi) is 5.49. The van der Waals surface area contributed by atoms with Crippen LogP contribution in [0.25, 0.3) is 0 Å². The highest BCUT2D eigenvalue weighted by molar-refractivity contribution is 6.10.